The van der Waals surface area contributed by atoms with Crippen molar-refractivity contribution >= 4 is 11.3 Å². The van der Waals surface area contributed by atoms with E-state index in [-0.39, 0.29) is 5.56 Å². The summed E-state index contributed by atoms with van der Waals surface area (Å²) >= 11 is 1.66. The Kier molecular flexibility index (Phi) is 3.98. The zero-order valence-electron chi connectivity index (χ0n) is 13.4. The van der Waals surface area contributed by atoms with E-state index in [9.17, 15) is 4.79 Å². The summed E-state index contributed by atoms with van der Waals surface area (Å²) in [5.74, 6) is 0.510. The predicted octanol–water partition coefficient (Wildman–Crippen LogP) is 1.41. The second kappa shape index (κ2) is 6.13. The van der Waals surface area contributed by atoms with Gasteiger partial charge in [0.2, 0.25) is 0 Å². The lowest BCUT2D eigenvalue weighted by Gasteiger charge is -2.38. The third-order valence-electron chi connectivity index (χ3n) is 4.66. The molecule has 0 bridgehead atoms. The van der Waals surface area contributed by atoms with E-state index >= 15 is 0 Å². The second-order valence-electron chi connectivity index (χ2n) is 6.62. The van der Waals surface area contributed by atoms with Crippen LogP contribution in [0.5, 0.6) is 0 Å². The molecule has 0 saturated carbocycles. The van der Waals surface area contributed by atoms with Crippen molar-refractivity contribution in [3.63, 3.8) is 0 Å². The van der Waals surface area contributed by atoms with Gasteiger partial charge in [0, 0.05) is 25.1 Å². The number of hydrogen-bond donors (Lipinski definition) is 0. The molecule has 0 spiro atoms. The minimum atomic E-state index is 0.0591. The molecule has 2 aromatic heterocycles. The first-order chi connectivity index (χ1) is 11.2. The van der Waals surface area contributed by atoms with Crippen LogP contribution < -0.4 is 5.56 Å². The fourth-order valence-corrected chi connectivity index (χ4v) is 4.24. The molecule has 122 valence electrons. The zero-order valence-corrected chi connectivity index (χ0v) is 14.2. The Morgan fingerprint density at radius 3 is 2.87 bits per heavy atom. The third-order valence-corrected chi connectivity index (χ3v) is 5.49. The highest BCUT2D eigenvalue weighted by molar-refractivity contribution is 7.11. The van der Waals surface area contributed by atoms with Crippen LogP contribution in [0, 0.1) is 12.8 Å². The highest BCUT2D eigenvalue weighted by atomic mass is 32.1. The van der Waals surface area contributed by atoms with Crippen molar-refractivity contribution in [1.82, 2.24) is 24.9 Å². The summed E-state index contributed by atoms with van der Waals surface area (Å²) in [7, 11) is 0. The number of fused-ring (bicyclic) bond motifs is 1. The van der Waals surface area contributed by atoms with Gasteiger partial charge in [-0.1, -0.05) is 0 Å². The standard InChI is InChI=1S/C16H21N5OS/c1-11-17-18-15(23-11)10-20-7-12(8-20)9-21-16(22)6-13-4-2-3-5-14(13)19-21/h6,12H,2-5,7-10H2,1H3. The van der Waals surface area contributed by atoms with Gasteiger partial charge < -0.3 is 0 Å². The lowest BCUT2D eigenvalue weighted by atomic mass is 9.96. The number of likely N-dealkylation sites (tertiary alicyclic amines) is 1. The summed E-state index contributed by atoms with van der Waals surface area (Å²) < 4.78 is 1.68. The molecule has 7 heteroatoms. The van der Waals surface area contributed by atoms with Crippen molar-refractivity contribution in [3.05, 3.63) is 37.7 Å². The van der Waals surface area contributed by atoms with Gasteiger partial charge in [-0.2, -0.15) is 5.10 Å². The van der Waals surface area contributed by atoms with Crippen molar-refractivity contribution in [2.24, 2.45) is 5.92 Å². The zero-order chi connectivity index (χ0) is 15.8. The maximum absolute atomic E-state index is 12.2. The van der Waals surface area contributed by atoms with Crippen molar-refractivity contribution in [2.75, 3.05) is 13.1 Å². The fraction of sp³-hybridized carbons (Fsp3) is 0.625. The van der Waals surface area contributed by atoms with Gasteiger partial charge in [-0.15, -0.1) is 21.5 Å². The molecule has 4 rings (SSSR count). The Bertz CT molecular complexity index is 762. The van der Waals surface area contributed by atoms with Crippen molar-refractivity contribution in [3.8, 4) is 0 Å². The molecule has 0 aromatic carbocycles. The summed E-state index contributed by atoms with van der Waals surface area (Å²) in [4.78, 5) is 14.6. The minimum Gasteiger partial charge on any atom is -0.296 e. The van der Waals surface area contributed by atoms with Crippen LogP contribution in [-0.4, -0.2) is 38.0 Å². The van der Waals surface area contributed by atoms with Gasteiger partial charge in [0.05, 0.1) is 18.8 Å². The van der Waals surface area contributed by atoms with E-state index in [1.54, 1.807) is 16.0 Å². The summed E-state index contributed by atoms with van der Waals surface area (Å²) in [5.41, 5.74) is 2.36. The lowest BCUT2D eigenvalue weighted by molar-refractivity contribution is 0.0761. The summed E-state index contributed by atoms with van der Waals surface area (Å²) in [6.45, 7) is 5.59. The molecule has 1 saturated heterocycles. The van der Waals surface area contributed by atoms with Crippen LogP contribution in [0.4, 0.5) is 0 Å². The molecule has 0 atom stereocenters. The molecular weight excluding hydrogens is 310 g/mol. The minimum absolute atomic E-state index is 0.0591. The number of rotatable bonds is 4. The fourth-order valence-electron chi connectivity index (χ4n) is 3.49. The van der Waals surface area contributed by atoms with Crippen molar-refractivity contribution < 1.29 is 0 Å². The smallest absolute Gasteiger partial charge is 0.267 e. The maximum atomic E-state index is 12.2. The molecule has 3 heterocycles. The Balaban J connectivity index is 1.36. The number of hydrogen-bond acceptors (Lipinski definition) is 6. The van der Waals surface area contributed by atoms with Gasteiger partial charge in [-0.05, 0) is 38.2 Å². The van der Waals surface area contributed by atoms with Crippen LogP contribution >= 0.6 is 11.3 Å². The Morgan fingerprint density at radius 1 is 1.26 bits per heavy atom. The van der Waals surface area contributed by atoms with Crippen molar-refractivity contribution in [1.29, 1.82) is 0 Å². The largest absolute Gasteiger partial charge is 0.296 e. The van der Waals surface area contributed by atoms with E-state index < -0.39 is 0 Å². The Hall–Kier alpha value is -1.60. The maximum Gasteiger partial charge on any atom is 0.267 e. The van der Waals surface area contributed by atoms with Gasteiger partial charge in [0.1, 0.15) is 10.0 Å². The van der Waals surface area contributed by atoms with Crippen molar-refractivity contribution in [2.45, 2.75) is 45.7 Å². The van der Waals surface area contributed by atoms with Gasteiger partial charge >= 0.3 is 0 Å². The number of aryl methyl sites for hydroxylation is 3. The van der Waals surface area contributed by atoms with Crippen LogP contribution in [0.2, 0.25) is 0 Å². The van der Waals surface area contributed by atoms with E-state index in [1.807, 2.05) is 13.0 Å². The van der Waals surface area contributed by atoms with Crippen LogP contribution in [0.15, 0.2) is 10.9 Å². The average molecular weight is 331 g/mol. The number of aromatic nitrogens is 4. The lowest BCUT2D eigenvalue weighted by Crippen LogP contribution is -2.49. The quantitative estimate of drug-likeness (QED) is 0.848. The molecule has 1 aliphatic carbocycles. The molecule has 1 fully saturated rings. The van der Waals surface area contributed by atoms with E-state index in [2.05, 4.69) is 20.2 Å². The molecule has 6 nitrogen and oxygen atoms in total. The first-order valence-corrected chi connectivity index (χ1v) is 9.10. The monoisotopic (exact) mass is 331 g/mol. The van der Waals surface area contributed by atoms with Gasteiger partial charge in [0.25, 0.3) is 5.56 Å². The molecule has 0 unspecified atom stereocenters. The highest BCUT2D eigenvalue weighted by Gasteiger charge is 2.28. The molecule has 1 aliphatic heterocycles. The van der Waals surface area contributed by atoms with E-state index in [1.165, 1.54) is 18.4 Å². The van der Waals surface area contributed by atoms with Crippen LogP contribution in [0.25, 0.3) is 0 Å². The molecule has 2 aliphatic rings. The van der Waals surface area contributed by atoms with E-state index in [0.29, 0.717) is 5.92 Å². The van der Waals surface area contributed by atoms with Gasteiger partial charge in [-0.3, -0.25) is 9.69 Å². The van der Waals surface area contributed by atoms with Crippen LogP contribution in [-0.2, 0) is 25.9 Å². The van der Waals surface area contributed by atoms with Gasteiger partial charge in [-0.25, -0.2) is 4.68 Å². The second-order valence-corrected chi connectivity index (χ2v) is 7.88. The molecular formula is C16H21N5OS. The Morgan fingerprint density at radius 2 is 2.09 bits per heavy atom. The molecule has 0 N–H and O–H groups in total. The predicted molar refractivity (Wildman–Crippen MR) is 88.6 cm³/mol. The molecule has 0 radical (unpaired) electrons. The molecule has 0 amide bonds. The molecule has 2 aromatic rings. The van der Waals surface area contributed by atoms with E-state index in [0.717, 1.165) is 54.7 Å². The Labute approximate surface area is 139 Å². The van der Waals surface area contributed by atoms with E-state index in [4.69, 9.17) is 0 Å². The van der Waals surface area contributed by atoms with Gasteiger partial charge in [0.15, 0.2) is 0 Å². The summed E-state index contributed by atoms with van der Waals surface area (Å²) in [6.07, 6.45) is 4.40. The first kappa shape index (κ1) is 15.0. The SMILES string of the molecule is Cc1nnc(CN2CC(Cn3nc4c(cc3=O)CCCC4)C2)s1. The summed E-state index contributed by atoms with van der Waals surface area (Å²) in [6, 6.07) is 1.81. The first-order valence-electron chi connectivity index (χ1n) is 8.28. The third kappa shape index (κ3) is 3.21. The molecule has 23 heavy (non-hydrogen) atoms. The van der Waals surface area contributed by atoms with Crippen LogP contribution in [0.1, 0.15) is 34.1 Å². The normalized spacial score (nSPS) is 18.7. The summed E-state index contributed by atoms with van der Waals surface area (Å²) in [5, 5.41) is 14.9. The highest BCUT2D eigenvalue weighted by Crippen LogP contribution is 2.22. The van der Waals surface area contributed by atoms with Crippen LogP contribution in [0.3, 0.4) is 0 Å². The number of nitrogens with zero attached hydrogens (tertiary/aromatic N) is 5. The average Bonchev–Trinajstić information content (AvgIpc) is 2.91. The topological polar surface area (TPSA) is 63.9 Å².